The van der Waals surface area contributed by atoms with Crippen LogP contribution in [-0.2, 0) is 23.0 Å². The van der Waals surface area contributed by atoms with Crippen molar-refractivity contribution in [2.75, 3.05) is 19.1 Å². The van der Waals surface area contributed by atoms with Crippen molar-refractivity contribution < 1.29 is 19.1 Å². The van der Waals surface area contributed by atoms with E-state index in [0.717, 1.165) is 27.7 Å². The number of anilines is 1. The lowest BCUT2D eigenvalue weighted by molar-refractivity contribution is -0.140. The summed E-state index contributed by atoms with van der Waals surface area (Å²) < 4.78 is 12.2. The van der Waals surface area contributed by atoms with Crippen molar-refractivity contribution in [3.8, 4) is 5.75 Å². The van der Waals surface area contributed by atoms with Gasteiger partial charge in [0.2, 0.25) is 0 Å². The fourth-order valence-electron chi connectivity index (χ4n) is 3.09. The van der Waals surface area contributed by atoms with Crippen LogP contribution in [0.4, 0.5) is 10.5 Å². The molecule has 0 saturated carbocycles. The summed E-state index contributed by atoms with van der Waals surface area (Å²) in [6.45, 7) is 2.00. The summed E-state index contributed by atoms with van der Waals surface area (Å²) in [5.74, 6) is 0.235. The summed E-state index contributed by atoms with van der Waals surface area (Å²) in [6, 6.07) is 13.2. The van der Waals surface area contributed by atoms with Gasteiger partial charge in [0.25, 0.3) is 0 Å². The molecule has 6 heteroatoms. The Hall–Kier alpha value is -3.28. The lowest BCUT2D eigenvalue weighted by Gasteiger charge is -2.17. The minimum absolute atomic E-state index is 0.235. The van der Waals surface area contributed by atoms with E-state index in [2.05, 4.69) is 0 Å². The lowest BCUT2D eigenvalue weighted by Crippen LogP contribution is -2.29. The van der Waals surface area contributed by atoms with Gasteiger partial charge >= 0.3 is 12.1 Å². The summed E-state index contributed by atoms with van der Waals surface area (Å²) in [5, 5.41) is 1.03. The molecule has 2 aromatic carbocycles. The van der Waals surface area contributed by atoms with Crippen LogP contribution in [0.1, 0.15) is 17.5 Å². The van der Waals surface area contributed by atoms with Gasteiger partial charge in [0.05, 0.1) is 12.6 Å². The third-order valence-electron chi connectivity index (χ3n) is 4.77. The maximum Gasteiger partial charge on any atom is 0.419 e. The maximum absolute atomic E-state index is 12.5. The first-order valence-corrected chi connectivity index (χ1v) is 9.06. The summed E-state index contributed by atoms with van der Waals surface area (Å²) in [7, 11) is 4.99. The van der Waals surface area contributed by atoms with Crippen LogP contribution in [0.3, 0.4) is 0 Å². The normalized spacial score (nSPS) is 10.7. The molecule has 1 amide bonds. The molecule has 146 valence electrons. The minimum atomic E-state index is -0.455. The van der Waals surface area contributed by atoms with Crippen molar-refractivity contribution in [1.82, 2.24) is 4.57 Å². The molecule has 1 aromatic heterocycles. The number of carbonyl (C=O) groups excluding carboxylic acids is 2. The number of methoxy groups -OCH3 is 1. The van der Waals surface area contributed by atoms with Crippen LogP contribution in [-0.4, -0.2) is 30.8 Å². The fraction of sp³-hybridized carbons (Fsp3) is 0.273. The average Bonchev–Trinajstić information content (AvgIpc) is 3.01. The van der Waals surface area contributed by atoms with Gasteiger partial charge in [0, 0.05) is 43.9 Å². The maximum atomic E-state index is 12.5. The van der Waals surface area contributed by atoms with Crippen LogP contribution >= 0.6 is 0 Å². The number of esters is 1. The molecule has 6 nitrogen and oxygen atoms in total. The molecule has 0 bridgehead atoms. The quantitative estimate of drug-likeness (QED) is 0.622. The second kappa shape index (κ2) is 8.17. The molecule has 0 unspecified atom stereocenters. The molecule has 0 aliphatic rings. The average molecular weight is 380 g/mol. The lowest BCUT2D eigenvalue weighted by atomic mass is 10.1. The van der Waals surface area contributed by atoms with Crippen molar-refractivity contribution in [1.29, 1.82) is 0 Å². The summed E-state index contributed by atoms with van der Waals surface area (Å²) in [4.78, 5) is 25.4. The van der Waals surface area contributed by atoms with Crippen LogP contribution in [0, 0.1) is 6.92 Å². The van der Waals surface area contributed by atoms with E-state index >= 15 is 0 Å². The second-order valence-corrected chi connectivity index (χ2v) is 6.78. The van der Waals surface area contributed by atoms with Crippen LogP contribution in [0.15, 0.2) is 48.7 Å². The number of fused-ring (bicyclic) bond motifs is 1. The van der Waals surface area contributed by atoms with Crippen molar-refractivity contribution in [3.63, 3.8) is 0 Å². The molecule has 0 atom stereocenters. The number of amides is 1. The zero-order valence-electron chi connectivity index (χ0n) is 16.6. The number of aromatic nitrogens is 1. The van der Waals surface area contributed by atoms with Gasteiger partial charge in [-0.3, -0.25) is 9.69 Å². The number of hydrogen-bond acceptors (Lipinski definition) is 4. The third kappa shape index (κ3) is 4.17. The number of ether oxygens (including phenoxy) is 2. The van der Waals surface area contributed by atoms with Gasteiger partial charge in [-0.2, -0.15) is 0 Å². The highest BCUT2D eigenvalue weighted by Gasteiger charge is 2.15. The molecule has 28 heavy (non-hydrogen) atoms. The third-order valence-corrected chi connectivity index (χ3v) is 4.77. The first kappa shape index (κ1) is 19.5. The Labute approximate surface area is 164 Å². The van der Waals surface area contributed by atoms with Crippen LogP contribution < -0.4 is 9.64 Å². The first-order chi connectivity index (χ1) is 13.4. The molecule has 0 saturated heterocycles. The Morgan fingerprint density at radius 2 is 1.82 bits per heavy atom. The van der Waals surface area contributed by atoms with Crippen molar-refractivity contribution in [3.05, 3.63) is 59.8 Å². The van der Waals surface area contributed by atoms with E-state index in [0.29, 0.717) is 18.6 Å². The molecular formula is C22H24N2O4. The molecule has 1 heterocycles. The smallest absolute Gasteiger partial charge is 0.419 e. The SMILES string of the molecule is COC(=O)CCc1cn(C)c2cc(OC(=O)N(C)c3ccc(C)cc3)ccc12. The Kier molecular flexibility index (Phi) is 5.68. The van der Waals surface area contributed by atoms with Gasteiger partial charge in [-0.25, -0.2) is 4.79 Å². The number of rotatable bonds is 5. The second-order valence-electron chi connectivity index (χ2n) is 6.78. The van der Waals surface area contributed by atoms with E-state index in [4.69, 9.17) is 9.47 Å². The Bertz CT molecular complexity index is 1010. The highest BCUT2D eigenvalue weighted by molar-refractivity contribution is 5.90. The molecular weight excluding hydrogens is 356 g/mol. The van der Waals surface area contributed by atoms with Gasteiger partial charge < -0.3 is 14.0 Å². The zero-order valence-corrected chi connectivity index (χ0v) is 16.6. The molecule has 0 N–H and O–H groups in total. The molecule has 0 radical (unpaired) electrons. The summed E-state index contributed by atoms with van der Waals surface area (Å²) >= 11 is 0. The molecule has 0 spiro atoms. The highest BCUT2D eigenvalue weighted by Crippen LogP contribution is 2.27. The van der Waals surface area contributed by atoms with Gasteiger partial charge in [0.1, 0.15) is 5.75 Å². The number of aryl methyl sites for hydroxylation is 3. The molecule has 3 rings (SSSR count). The number of carbonyl (C=O) groups is 2. The predicted molar refractivity (Wildman–Crippen MR) is 109 cm³/mol. The minimum Gasteiger partial charge on any atom is -0.469 e. The van der Waals surface area contributed by atoms with Crippen LogP contribution in [0.2, 0.25) is 0 Å². The number of hydrogen-bond donors (Lipinski definition) is 0. The Morgan fingerprint density at radius 1 is 1.11 bits per heavy atom. The van der Waals surface area contributed by atoms with Crippen LogP contribution in [0.5, 0.6) is 5.75 Å². The Morgan fingerprint density at radius 3 is 2.50 bits per heavy atom. The predicted octanol–water partition coefficient (Wildman–Crippen LogP) is 4.23. The number of benzene rings is 2. The van der Waals surface area contributed by atoms with E-state index < -0.39 is 6.09 Å². The van der Waals surface area contributed by atoms with Gasteiger partial charge in [-0.05, 0) is 43.2 Å². The van der Waals surface area contributed by atoms with Gasteiger partial charge in [0.15, 0.2) is 0 Å². The largest absolute Gasteiger partial charge is 0.469 e. The standard InChI is InChI=1S/C22H24N2O4/c1-15-5-8-17(9-6-15)24(3)22(26)28-18-10-11-19-16(7-12-21(25)27-4)14-23(2)20(19)13-18/h5-6,8-11,13-14H,7,12H2,1-4H3. The number of nitrogens with zero attached hydrogens (tertiary/aromatic N) is 2. The summed E-state index contributed by atoms with van der Waals surface area (Å²) in [6.07, 6.45) is 2.45. The van der Waals surface area contributed by atoms with Gasteiger partial charge in [-0.1, -0.05) is 17.7 Å². The van der Waals surface area contributed by atoms with Crippen molar-refractivity contribution in [2.45, 2.75) is 19.8 Å². The monoisotopic (exact) mass is 380 g/mol. The van der Waals surface area contributed by atoms with E-state index in [1.54, 1.807) is 13.1 Å². The summed E-state index contributed by atoms with van der Waals surface area (Å²) in [5.41, 5.74) is 3.88. The topological polar surface area (TPSA) is 60.8 Å². The van der Waals surface area contributed by atoms with Crippen molar-refractivity contribution in [2.24, 2.45) is 7.05 Å². The van der Waals surface area contributed by atoms with E-state index in [9.17, 15) is 9.59 Å². The van der Waals surface area contributed by atoms with E-state index in [1.807, 2.05) is 61.1 Å². The van der Waals surface area contributed by atoms with E-state index in [-0.39, 0.29) is 5.97 Å². The van der Waals surface area contributed by atoms with E-state index in [1.165, 1.54) is 12.0 Å². The molecule has 0 aliphatic heterocycles. The first-order valence-electron chi connectivity index (χ1n) is 9.06. The highest BCUT2D eigenvalue weighted by atomic mass is 16.6. The molecule has 3 aromatic rings. The fourth-order valence-corrected chi connectivity index (χ4v) is 3.09. The van der Waals surface area contributed by atoms with Crippen LogP contribution in [0.25, 0.3) is 10.9 Å². The molecule has 0 aliphatic carbocycles. The zero-order chi connectivity index (χ0) is 20.3. The Balaban J connectivity index is 1.76. The molecule has 0 fully saturated rings. The van der Waals surface area contributed by atoms with Crippen molar-refractivity contribution >= 4 is 28.7 Å². The van der Waals surface area contributed by atoms with Gasteiger partial charge in [-0.15, -0.1) is 0 Å².